The van der Waals surface area contributed by atoms with E-state index in [4.69, 9.17) is 0 Å². The second-order valence-corrected chi connectivity index (χ2v) is 7.15. The fraction of sp³-hybridized carbons (Fsp3) is 0.444. The molecule has 3 heterocycles. The van der Waals surface area contributed by atoms with Crippen LogP contribution in [0.4, 0.5) is 4.39 Å². The topological polar surface area (TPSA) is 41.4 Å². The Bertz CT molecular complexity index is 741. The summed E-state index contributed by atoms with van der Waals surface area (Å²) in [5.74, 6) is 0.944. The van der Waals surface area contributed by atoms with E-state index >= 15 is 0 Å². The van der Waals surface area contributed by atoms with Crippen molar-refractivity contribution in [3.63, 3.8) is 0 Å². The molecule has 0 N–H and O–H groups in total. The van der Waals surface area contributed by atoms with Gasteiger partial charge in [-0.15, -0.1) is 0 Å². The number of halogens is 1. The van der Waals surface area contributed by atoms with E-state index in [1.54, 1.807) is 12.1 Å². The summed E-state index contributed by atoms with van der Waals surface area (Å²) >= 11 is 0. The molecule has 0 saturated carbocycles. The lowest BCUT2D eigenvalue weighted by atomic mass is 9.72. The number of carbonyl (C=O) groups excluding carboxylic acids is 1. The van der Waals surface area contributed by atoms with Crippen LogP contribution in [0.25, 0.3) is 0 Å². The fourth-order valence-electron chi connectivity index (χ4n) is 3.79. The van der Waals surface area contributed by atoms with E-state index in [2.05, 4.69) is 9.88 Å². The number of aryl methyl sites for hydroxylation is 1. The SMILES string of the molecule is Cn1ccnc1CN1CC2(C1)CN(C(=O)Cc1ccc(F)cc1)C2. The first-order valence-electron chi connectivity index (χ1n) is 8.24. The van der Waals surface area contributed by atoms with Crippen LogP contribution in [0, 0.1) is 11.2 Å². The minimum Gasteiger partial charge on any atom is -0.341 e. The number of nitrogens with zero attached hydrogens (tertiary/aromatic N) is 4. The van der Waals surface area contributed by atoms with Crippen LogP contribution in [-0.4, -0.2) is 51.4 Å². The molecule has 2 aliphatic heterocycles. The molecule has 5 nitrogen and oxygen atoms in total. The maximum absolute atomic E-state index is 12.9. The molecule has 0 unspecified atom stereocenters. The van der Waals surface area contributed by atoms with Crippen molar-refractivity contribution < 1.29 is 9.18 Å². The van der Waals surface area contributed by atoms with Crippen LogP contribution in [0.3, 0.4) is 0 Å². The number of imidazole rings is 1. The van der Waals surface area contributed by atoms with E-state index < -0.39 is 0 Å². The molecule has 1 aromatic heterocycles. The van der Waals surface area contributed by atoms with Crippen molar-refractivity contribution in [2.45, 2.75) is 13.0 Å². The number of amides is 1. The lowest BCUT2D eigenvalue weighted by Gasteiger charge is -2.60. The highest BCUT2D eigenvalue weighted by Gasteiger charge is 2.52. The summed E-state index contributed by atoms with van der Waals surface area (Å²) in [6.07, 6.45) is 4.14. The third-order valence-electron chi connectivity index (χ3n) is 5.08. The average molecular weight is 328 g/mol. The number of aromatic nitrogens is 2. The van der Waals surface area contributed by atoms with E-state index in [9.17, 15) is 9.18 Å². The number of benzene rings is 1. The number of hydrogen-bond acceptors (Lipinski definition) is 3. The van der Waals surface area contributed by atoms with Gasteiger partial charge in [-0.25, -0.2) is 9.37 Å². The first-order valence-corrected chi connectivity index (χ1v) is 8.24. The van der Waals surface area contributed by atoms with Crippen LogP contribution in [0.15, 0.2) is 36.7 Å². The average Bonchev–Trinajstić information content (AvgIpc) is 2.87. The van der Waals surface area contributed by atoms with Gasteiger partial charge < -0.3 is 9.47 Å². The molecule has 0 aliphatic carbocycles. The monoisotopic (exact) mass is 328 g/mol. The van der Waals surface area contributed by atoms with Gasteiger partial charge in [0.2, 0.25) is 5.91 Å². The van der Waals surface area contributed by atoms with Crippen LogP contribution in [0.1, 0.15) is 11.4 Å². The van der Waals surface area contributed by atoms with Crippen molar-refractivity contribution in [3.05, 3.63) is 53.9 Å². The second-order valence-electron chi connectivity index (χ2n) is 7.15. The summed E-state index contributed by atoms with van der Waals surface area (Å²) in [6, 6.07) is 6.17. The lowest BCUT2D eigenvalue weighted by Crippen LogP contribution is -2.72. The first-order chi connectivity index (χ1) is 11.5. The van der Waals surface area contributed by atoms with Crippen LogP contribution < -0.4 is 0 Å². The molecular weight excluding hydrogens is 307 g/mol. The summed E-state index contributed by atoms with van der Waals surface area (Å²) in [7, 11) is 2.01. The Hall–Kier alpha value is -2.21. The number of likely N-dealkylation sites (tertiary alicyclic amines) is 2. The molecule has 1 aromatic carbocycles. The molecule has 2 aliphatic rings. The molecule has 2 saturated heterocycles. The Labute approximate surface area is 140 Å². The Balaban J connectivity index is 1.24. The minimum atomic E-state index is -0.267. The Kier molecular flexibility index (Phi) is 3.64. The molecule has 1 spiro atoms. The van der Waals surface area contributed by atoms with Crippen molar-refractivity contribution in [1.82, 2.24) is 19.4 Å². The zero-order chi connectivity index (χ0) is 16.7. The van der Waals surface area contributed by atoms with Gasteiger partial charge in [-0.05, 0) is 17.7 Å². The normalized spacial score (nSPS) is 19.2. The number of carbonyl (C=O) groups is 1. The first kappa shape index (κ1) is 15.3. The Morgan fingerprint density at radius 1 is 1.21 bits per heavy atom. The van der Waals surface area contributed by atoms with E-state index in [0.717, 1.165) is 44.1 Å². The molecular formula is C18H21FN4O. The van der Waals surface area contributed by atoms with Crippen LogP contribution in [-0.2, 0) is 24.8 Å². The third kappa shape index (κ3) is 2.82. The molecule has 0 radical (unpaired) electrons. The highest BCUT2D eigenvalue weighted by molar-refractivity contribution is 5.79. The minimum absolute atomic E-state index is 0.134. The molecule has 6 heteroatoms. The van der Waals surface area contributed by atoms with Crippen molar-refractivity contribution in [3.8, 4) is 0 Å². The van der Waals surface area contributed by atoms with E-state index in [0.29, 0.717) is 6.42 Å². The van der Waals surface area contributed by atoms with Gasteiger partial charge in [0.25, 0.3) is 0 Å². The second kappa shape index (κ2) is 5.70. The van der Waals surface area contributed by atoms with E-state index in [1.165, 1.54) is 12.1 Å². The van der Waals surface area contributed by atoms with Gasteiger partial charge in [0.05, 0.1) is 13.0 Å². The fourth-order valence-corrected chi connectivity index (χ4v) is 3.79. The molecule has 0 bridgehead atoms. The van der Waals surface area contributed by atoms with Crippen LogP contribution in [0.5, 0.6) is 0 Å². The molecule has 4 rings (SSSR count). The Morgan fingerprint density at radius 2 is 1.92 bits per heavy atom. The predicted molar refractivity (Wildman–Crippen MR) is 87.6 cm³/mol. The summed E-state index contributed by atoms with van der Waals surface area (Å²) < 4.78 is 15.0. The van der Waals surface area contributed by atoms with Crippen LogP contribution >= 0.6 is 0 Å². The van der Waals surface area contributed by atoms with Crippen molar-refractivity contribution in [2.75, 3.05) is 26.2 Å². The molecule has 1 amide bonds. The van der Waals surface area contributed by atoms with Crippen molar-refractivity contribution in [2.24, 2.45) is 12.5 Å². The largest absolute Gasteiger partial charge is 0.341 e. The maximum Gasteiger partial charge on any atom is 0.227 e. The summed E-state index contributed by atoms with van der Waals surface area (Å²) in [5.41, 5.74) is 1.15. The van der Waals surface area contributed by atoms with Gasteiger partial charge in [0.15, 0.2) is 0 Å². The predicted octanol–water partition coefficient (Wildman–Crippen LogP) is 1.45. The maximum atomic E-state index is 12.9. The highest BCUT2D eigenvalue weighted by atomic mass is 19.1. The lowest BCUT2D eigenvalue weighted by molar-refractivity contribution is -0.159. The molecule has 126 valence electrons. The van der Waals surface area contributed by atoms with E-state index in [1.807, 2.05) is 28.9 Å². The van der Waals surface area contributed by atoms with Gasteiger partial charge in [-0.3, -0.25) is 9.69 Å². The number of hydrogen-bond donors (Lipinski definition) is 0. The molecule has 2 aromatic rings. The van der Waals surface area contributed by atoms with Gasteiger partial charge in [-0.2, -0.15) is 0 Å². The van der Waals surface area contributed by atoms with E-state index in [-0.39, 0.29) is 17.1 Å². The van der Waals surface area contributed by atoms with Gasteiger partial charge in [-0.1, -0.05) is 12.1 Å². The summed E-state index contributed by atoms with van der Waals surface area (Å²) in [4.78, 5) is 20.9. The third-order valence-corrected chi connectivity index (χ3v) is 5.08. The molecule has 2 fully saturated rings. The van der Waals surface area contributed by atoms with Crippen LogP contribution in [0.2, 0.25) is 0 Å². The summed E-state index contributed by atoms with van der Waals surface area (Å²) in [6.45, 7) is 4.60. The standard InChI is InChI=1S/C18H21FN4O/c1-21-7-6-20-16(21)9-22-10-18(11-22)12-23(13-18)17(24)8-14-2-4-15(19)5-3-14/h2-7H,8-13H2,1H3. The summed E-state index contributed by atoms with van der Waals surface area (Å²) in [5, 5.41) is 0. The Morgan fingerprint density at radius 3 is 2.54 bits per heavy atom. The zero-order valence-corrected chi connectivity index (χ0v) is 13.8. The van der Waals surface area contributed by atoms with Crippen molar-refractivity contribution >= 4 is 5.91 Å². The highest BCUT2D eigenvalue weighted by Crippen LogP contribution is 2.40. The quantitative estimate of drug-likeness (QED) is 0.853. The van der Waals surface area contributed by atoms with Gasteiger partial charge in [0.1, 0.15) is 11.6 Å². The smallest absolute Gasteiger partial charge is 0.227 e. The molecule has 0 atom stereocenters. The van der Waals surface area contributed by atoms with Gasteiger partial charge >= 0.3 is 0 Å². The van der Waals surface area contributed by atoms with Crippen molar-refractivity contribution in [1.29, 1.82) is 0 Å². The zero-order valence-electron chi connectivity index (χ0n) is 13.8. The number of rotatable bonds is 4. The van der Waals surface area contributed by atoms with Gasteiger partial charge in [0, 0.05) is 51.0 Å². The molecule has 24 heavy (non-hydrogen) atoms.